The summed E-state index contributed by atoms with van der Waals surface area (Å²) in [5, 5.41) is 8.69. The number of hydrogen-bond acceptors (Lipinski definition) is 1. The molecule has 1 aliphatic rings. The van der Waals surface area contributed by atoms with Gasteiger partial charge in [-0.2, -0.15) is 0 Å². The second-order valence-electron chi connectivity index (χ2n) is 2.52. The van der Waals surface area contributed by atoms with Crippen LogP contribution in [0.4, 0.5) is 0 Å². The molecular weight excluding hydrogens is 112 g/mol. The van der Waals surface area contributed by atoms with Crippen molar-refractivity contribution in [3.63, 3.8) is 0 Å². The van der Waals surface area contributed by atoms with E-state index in [0.29, 0.717) is 5.92 Å². The molecule has 0 aromatic rings. The summed E-state index contributed by atoms with van der Waals surface area (Å²) in [6.45, 7) is 2.33. The van der Waals surface area contributed by atoms with E-state index in [0.717, 1.165) is 12.0 Å². The van der Waals surface area contributed by atoms with Crippen LogP contribution in [-0.2, 0) is 0 Å². The molecule has 0 aromatic carbocycles. The van der Waals surface area contributed by atoms with E-state index in [2.05, 4.69) is 19.1 Å². The highest BCUT2D eigenvalue weighted by molar-refractivity contribution is 5.23. The van der Waals surface area contributed by atoms with Crippen LogP contribution < -0.4 is 0 Å². The van der Waals surface area contributed by atoms with E-state index in [9.17, 15) is 0 Å². The Bertz CT molecular complexity index is 145. The Morgan fingerprint density at radius 3 is 3.00 bits per heavy atom. The van der Waals surface area contributed by atoms with Crippen LogP contribution in [0.2, 0.25) is 0 Å². The Kier molecular flexibility index (Phi) is 2.06. The van der Waals surface area contributed by atoms with Crippen molar-refractivity contribution in [3.8, 4) is 0 Å². The van der Waals surface area contributed by atoms with Gasteiger partial charge in [0.1, 0.15) is 0 Å². The maximum atomic E-state index is 8.69. The molecule has 0 amide bonds. The normalized spacial score (nSPS) is 26.0. The lowest BCUT2D eigenvalue weighted by molar-refractivity contribution is 0.333. The number of rotatable bonds is 1. The van der Waals surface area contributed by atoms with Crippen molar-refractivity contribution in [2.75, 3.05) is 6.61 Å². The fourth-order valence-electron chi connectivity index (χ4n) is 1.03. The van der Waals surface area contributed by atoms with E-state index < -0.39 is 0 Å². The second kappa shape index (κ2) is 2.83. The van der Waals surface area contributed by atoms with Gasteiger partial charge in [-0.3, -0.25) is 0 Å². The summed E-state index contributed by atoms with van der Waals surface area (Å²) in [4.78, 5) is 0. The van der Waals surface area contributed by atoms with Gasteiger partial charge in [-0.05, 0) is 17.9 Å². The average Bonchev–Trinajstić information content (AvgIpc) is 1.88. The molecule has 0 saturated carbocycles. The fraction of sp³-hybridized carbons (Fsp3) is 0.500. The summed E-state index contributed by atoms with van der Waals surface area (Å²) < 4.78 is 0. The summed E-state index contributed by atoms with van der Waals surface area (Å²) in [6.07, 6.45) is 7.32. The van der Waals surface area contributed by atoms with E-state index in [1.165, 1.54) is 0 Å². The standard InChI is InChI=1S/C8H12O/c1-7-3-2-4-8(5-7)6-9/h2,4-5,7,9H,3,6H2,1H3/t7-/m0/s1. The predicted octanol–water partition coefficient (Wildman–Crippen LogP) is 1.50. The van der Waals surface area contributed by atoms with E-state index in [4.69, 9.17) is 5.11 Å². The smallest absolute Gasteiger partial charge is 0.0678 e. The van der Waals surface area contributed by atoms with Gasteiger partial charge in [-0.25, -0.2) is 0 Å². The lowest BCUT2D eigenvalue weighted by Gasteiger charge is -2.09. The van der Waals surface area contributed by atoms with Crippen LogP contribution >= 0.6 is 0 Å². The first-order valence-electron chi connectivity index (χ1n) is 3.31. The third-order valence-electron chi connectivity index (χ3n) is 1.52. The molecule has 50 valence electrons. The summed E-state index contributed by atoms with van der Waals surface area (Å²) >= 11 is 0. The van der Waals surface area contributed by atoms with Crippen LogP contribution in [-0.4, -0.2) is 11.7 Å². The van der Waals surface area contributed by atoms with E-state index in [1.807, 2.05) is 6.08 Å². The van der Waals surface area contributed by atoms with Crippen LogP contribution in [0.1, 0.15) is 13.3 Å². The van der Waals surface area contributed by atoms with Gasteiger partial charge < -0.3 is 5.11 Å². The quantitative estimate of drug-likeness (QED) is 0.561. The monoisotopic (exact) mass is 124 g/mol. The fourth-order valence-corrected chi connectivity index (χ4v) is 1.03. The van der Waals surface area contributed by atoms with Gasteiger partial charge in [0, 0.05) is 0 Å². The Morgan fingerprint density at radius 2 is 2.56 bits per heavy atom. The first kappa shape index (κ1) is 6.56. The Morgan fingerprint density at radius 1 is 1.78 bits per heavy atom. The first-order chi connectivity index (χ1) is 4.33. The van der Waals surface area contributed by atoms with Crippen molar-refractivity contribution >= 4 is 0 Å². The van der Waals surface area contributed by atoms with Crippen molar-refractivity contribution < 1.29 is 5.11 Å². The molecule has 1 N–H and O–H groups in total. The molecule has 0 aromatic heterocycles. The molecule has 9 heavy (non-hydrogen) atoms. The lowest BCUT2D eigenvalue weighted by atomic mass is 9.99. The number of hydrogen-bond donors (Lipinski definition) is 1. The Labute approximate surface area is 55.7 Å². The van der Waals surface area contributed by atoms with Gasteiger partial charge in [-0.1, -0.05) is 25.2 Å². The number of aliphatic hydroxyl groups excluding tert-OH is 1. The molecule has 1 rings (SSSR count). The average molecular weight is 124 g/mol. The van der Waals surface area contributed by atoms with E-state index >= 15 is 0 Å². The van der Waals surface area contributed by atoms with Gasteiger partial charge in [0.25, 0.3) is 0 Å². The predicted molar refractivity (Wildman–Crippen MR) is 38.1 cm³/mol. The molecule has 1 nitrogen and oxygen atoms in total. The molecule has 1 atom stereocenters. The van der Waals surface area contributed by atoms with Crippen LogP contribution in [0.15, 0.2) is 23.8 Å². The van der Waals surface area contributed by atoms with Crippen LogP contribution in [0.5, 0.6) is 0 Å². The summed E-state index contributed by atoms with van der Waals surface area (Å²) in [6, 6.07) is 0. The number of aliphatic hydroxyl groups is 1. The molecule has 0 aliphatic heterocycles. The molecule has 0 bridgehead atoms. The third-order valence-corrected chi connectivity index (χ3v) is 1.52. The van der Waals surface area contributed by atoms with Gasteiger partial charge in [0.2, 0.25) is 0 Å². The van der Waals surface area contributed by atoms with Crippen molar-refractivity contribution in [3.05, 3.63) is 23.8 Å². The maximum Gasteiger partial charge on any atom is 0.0678 e. The lowest BCUT2D eigenvalue weighted by Crippen LogP contribution is -1.97. The molecular formula is C8H12O. The topological polar surface area (TPSA) is 20.2 Å². The largest absolute Gasteiger partial charge is 0.392 e. The minimum atomic E-state index is 0.181. The van der Waals surface area contributed by atoms with Crippen LogP contribution in [0.3, 0.4) is 0 Å². The van der Waals surface area contributed by atoms with Crippen molar-refractivity contribution in [2.45, 2.75) is 13.3 Å². The minimum absolute atomic E-state index is 0.181. The van der Waals surface area contributed by atoms with E-state index in [1.54, 1.807) is 0 Å². The zero-order chi connectivity index (χ0) is 6.69. The molecule has 1 aliphatic carbocycles. The molecule has 0 heterocycles. The van der Waals surface area contributed by atoms with Crippen LogP contribution in [0, 0.1) is 5.92 Å². The molecule has 0 unspecified atom stereocenters. The first-order valence-corrected chi connectivity index (χ1v) is 3.31. The Balaban J connectivity index is 2.59. The highest BCUT2D eigenvalue weighted by Gasteiger charge is 2.01. The zero-order valence-corrected chi connectivity index (χ0v) is 5.67. The highest BCUT2D eigenvalue weighted by atomic mass is 16.3. The SMILES string of the molecule is C[C@@H]1C=C(CO)C=CC1. The Hall–Kier alpha value is -0.560. The molecule has 0 saturated heterocycles. The summed E-state index contributed by atoms with van der Waals surface area (Å²) in [7, 11) is 0. The van der Waals surface area contributed by atoms with Crippen molar-refractivity contribution in [1.82, 2.24) is 0 Å². The maximum absolute atomic E-state index is 8.69. The molecule has 0 radical (unpaired) electrons. The van der Waals surface area contributed by atoms with Gasteiger partial charge in [0.05, 0.1) is 6.61 Å². The molecule has 0 spiro atoms. The molecule has 1 heteroatoms. The third kappa shape index (κ3) is 1.68. The number of allylic oxidation sites excluding steroid dienone is 2. The summed E-state index contributed by atoms with van der Waals surface area (Å²) in [5.74, 6) is 0.608. The van der Waals surface area contributed by atoms with Crippen LogP contribution in [0.25, 0.3) is 0 Å². The summed E-state index contributed by atoms with van der Waals surface area (Å²) in [5.41, 5.74) is 1.05. The van der Waals surface area contributed by atoms with Gasteiger partial charge in [-0.15, -0.1) is 0 Å². The van der Waals surface area contributed by atoms with E-state index in [-0.39, 0.29) is 6.61 Å². The van der Waals surface area contributed by atoms with Gasteiger partial charge in [0.15, 0.2) is 0 Å². The van der Waals surface area contributed by atoms with Crippen molar-refractivity contribution in [1.29, 1.82) is 0 Å². The highest BCUT2D eigenvalue weighted by Crippen LogP contribution is 2.14. The minimum Gasteiger partial charge on any atom is -0.392 e. The van der Waals surface area contributed by atoms with Gasteiger partial charge >= 0.3 is 0 Å². The zero-order valence-electron chi connectivity index (χ0n) is 5.67. The van der Waals surface area contributed by atoms with Crippen molar-refractivity contribution in [2.24, 2.45) is 5.92 Å². The second-order valence-corrected chi connectivity index (χ2v) is 2.52. The molecule has 0 fully saturated rings.